The van der Waals surface area contributed by atoms with E-state index in [9.17, 15) is 14.4 Å². The van der Waals surface area contributed by atoms with Gasteiger partial charge in [-0.05, 0) is 6.92 Å². The highest BCUT2D eigenvalue weighted by Crippen LogP contribution is 2.16. The Morgan fingerprint density at radius 2 is 2.14 bits per heavy atom. The number of carbonyl (C=O) groups excluding carboxylic acids is 3. The number of ether oxygens (including phenoxy) is 2. The van der Waals surface area contributed by atoms with Crippen molar-refractivity contribution in [1.29, 1.82) is 0 Å². The van der Waals surface area contributed by atoms with Gasteiger partial charge in [-0.25, -0.2) is 9.78 Å². The van der Waals surface area contributed by atoms with E-state index in [0.29, 0.717) is 31.4 Å². The van der Waals surface area contributed by atoms with Crippen LogP contribution in [0.1, 0.15) is 31.3 Å². The molecule has 10 nitrogen and oxygen atoms in total. The zero-order valence-corrected chi connectivity index (χ0v) is 16.2. The highest BCUT2D eigenvalue weighted by atomic mass is 16.5. The number of urea groups is 1. The minimum absolute atomic E-state index is 0.180. The highest BCUT2D eigenvalue weighted by Gasteiger charge is 2.24. The number of nitrogens with one attached hydrogen (secondary N) is 1. The number of morpholine rings is 1. The average Bonchev–Trinajstić information content (AvgIpc) is 2.63. The van der Waals surface area contributed by atoms with Crippen molar-refractivity contribution < 1.29 is 23.9 Å². The van der Waals surface area contributed by atoms with Crippen LogP contribution >= 0.6 is 0 Å². The van der Waals surface area contributed by atoms with Crippen LogP contribution in [0.15, 0.2) is 18.2 Å². The third-order valence-corrected chi connectivity index (χ3v) is 3.86. The Morgan fingerprint density at radius 3 is 2.82 bits per heavy atom. The van der Waals surface area contributed by atoms with Crippen LogP contribution in [0.5, 0.6) is 5.88 Å². The predicted molar refractivity (Wildman–Crippen MR) is 99.5 cm³/mol. The van der Waals surface area contributed by atoms with Gasteiger partial charge in [-0.2, -0.15) is 4.98 Å². The zero-order valence-electron chi connectivity index (χ0n) is 16.2. The maximum Gasteiger partial charge on any atom is 0.319 e. The van der Waals surface area contributed by atoms with Gasteiger partial charge in [0.05, 0.1) is 13.2 Å². The van der Waals surface area contributed by atoms with Crippen molar-refractivity contribution >= 4 is 17.8 Å². The van der Waals surface area contributed by atoms with Crippen LogP contribution in [-0.2, 0) is 14.3 Å². The molecule has 0 aliphatic carbocycles. The Labute approximate surface area is 163 Å². The Kier molecular flexibility index (Phi) is 7.44. The molecule has 1 aliphatic rings. The van der Waals surface area contributed by atoms with Crippen molar-refractivity contribution in [2.24, 2.45) is 5.73 Å². The first kappa shape index (κ1) is 21.3. The molecule has 152 valence electrons. The predicted octanol–water partition coefficient (Wildman–Crippen LogP) is 0.266. The summed E-state index contributed by atoms with van der Waals surface area (Å²) in [5.41, 5.74) is 5.65. The van der Waals surface area contributed by atoms with E-state index in [1.54, 1.807) is 6.07 Å². The Hall–Kier alpha value is -3.01. The third kappa shape index (κ3) is 6.62. The lowest BCUT2D eigenvalue weighted by Crippen LogP contribution is -2.47. The number of imide groups is 1. The van der Waals surface area contributed by atoms with Gasteiger partial charge in [-0.1, -0.05) is 13.8 Å². The number of amides is 4. The summed E-state index contributed by atoms with van der Waals surface area (Å²) >= 11 is 0. The molecule has 28 heavy (non-hydrogen) atoms. The van der Waals surface area contributed by atoms with Gasteiger partial charge in [-0.3, -0.25) is 14.9 Å². The molecule has 1 saturated heterocycles. The summed E-state index contributed by atoms with van der Waals surface area (Å²) in [7, 11) is 0. The van der Waals surface area contributed by atoms with E-state index in [2.05, 4.69) is 9.97 Å². The van der Waals surface area contributed by atoms with Crippen LogP contribution < -0.4 is 15.8 Å². The Balaban J connectivity index is 1.89. The average molecular weight is 391 g/mol. The molecule has 1 fully saturated rings. The summed E-state index contributed by atoms with van der Waals surface area (Å²) in [6.45, 7) is 7.15. The molecule has 3 N–H and O–H groups in total. The van der Waals surface area contributed by atoms with Gasteiger partial charge in [-0.15, -0.1) is 0 Å². The Morgan fingerprint density at radius 1 is 1.39 bits per heavy atom. The quantitative estimate of drug-likeness (QED) is 0.664. The van der Waals surface area contributed by atoms with Gasteiger partial charge >= 0.3 is 6.03 Å². The van der Waals surface area contributed by atoms with E-state index in [-0.39, 0.29) is 24.5 Å². The van der Waals surface area contributed by atoms with Crippen molar-refractivity contribution in [3.05, 3.63) is 29.7 Å². The van der Waals surface area contributed by atoms with Crippen LogP contribution in [0.25, 0.3) is 0 Å². The Bertz CT molecular complexity index is 765. The van der Waals surface area contributed by atoms with Crippen molar-refractivity contribution in [2.75, 3.05) is 26.3 Å². The minimum Gasteiger partial charge on any atom is -0.475 e. The number of aryl methyl sites for hydroxylation is 1. The molecular weight excluding hydrogens is 366 g/mol. The van der Waals surface area contributed by atoms with Crippen LogP contribution in [0, 0.1) is 6.92 Å². The van der Waals surface area contributed by atoms with Crippen LogP contribution in [-0.4, -0.2) is 65.1 Å². The van der Waals surface area contributed by atoms with Crippen LogP contribution in [0.2, 0.25) is 0 Å². The largest absolute Gasteiger partial charge is 0.475 e. The summed E-state index contributed by atoms with van der Waals surface area (Å²) in [6, 6.07) is 0.767. The van der Waals surface area contributed by atoms with Gasteiger partial charge in [0.15, 0.2) is 0 Å². The summed E-state index contributed by atoms with van der Waals surface area (Å²) in [4.78, 5) is 44.4. The number of nitrogens with zero attached hydrogens (tertiary/aromatic N) is 3. The van der Waals surface area contributed by atoms with Gasteiger partial charge in [0, 0.05) is 36.4 Å². The molecule has 10 heteroatoms. The molecular formula is C18H25N5O5. The first-order chi connectivity index (χ1) is 13.2. The van der Waals surface area contributed by atoms with E-state index in [0.717, 1.165) is 17.8 Å². The van der Waals surface area contributed by atoms with Gasteiger partial charge < -0.3 is 20.1 Å². The lowest BCUT2D eigenvalue weighted by atomic mass is 10.2. The number of primary amides is 1. The summed E-state index contributed by atoms with van der Waals surface area (Å²) in [6.07, 6.45) is 1.72. The number of hydrogen-bond acceptors (Lipinski definition) is 7. The minimum atomic E-state index is -0.980. The molecule has 0 aromatic carbocycles. The molecule has 0 spiro atoms. The van der Waals surface area contributed by atoms with E-state index < -0.39 is 11.9 Å². The molecule has 1 atom stereocenters. The molecule has 0 bridgehead atoms. The maximum absolute atomic E-state index is 12.2. The molecule has 1 unspecified atom stereocenters. The van der Waals surface area contributed by atoms with Crippen molar-refractivity contribution in [3.63, 3.8) is 0 Å². The number of aromatic nitrogens is 2. The zero-order chi connectivity index (χ0) is 20.7. The first-order valence-corrected chi connectivity index (χ1v) is 8.92. The van der Waals surface area contributed by atoms with Gasteiger partial charge in [0.25, 0.3) is 5.91 Å². The van der Waals surface area contributed by atoms with Crippen molar-refractivity contribution in [2.45, 2.75) is 32.8 Å². The monoisotopic (exact) mass is 391 g/mol. The highest BCUT2D eigenvalue weighted by molar-refractivity contribution is 6.03. The van der Waals surface area contributed by atoms with E-state index in [1.807, 2.05) is 26.1 Å². The van der Waals surface area contributed by atoms with E-state index >= 15 is 0 Å². The number of carbonyl (C=O) groups is 3. The topological polar surface area (TPSA) is 137 Å². The smallest absolute Gasteiger partial charge is 0.319 e. The normalized spacial score (nSPS) is 17.0. The molecule has 1 aliphatic heterocycles. The second-order valence-corrected chi connectivity index (χ2v) is 6.64. The molecule has 1 aromatic heterocycles. The summed E-state index contributed by atoms with van der Waals surface area (Å²) < 4.78 is 11.4. The van der Waals surface area contributed by atoms with E-state index in [4.69, 9.17) is 15.2 Å². The van der Waals surface area contributed by atoms with E-state index in [1.165, 1.54) is 4.90 Å². The number of nitrogens with two attached hydrogens (primary N) is 1. The lowest BCUT2D eigenvalue weighted by molar-refractivity contribution is -0.134. The molecule has 2 rings (SSSR count). The molecule has 1 aromatic rings. The summed E-state index contributed by atoms with van der Waals surface area (Å²) in [5, 5.41) is 1.85. The van der Waals surface area contributed by atoms with Crippen molar-refractivity contribution in [3.8, 4) is 5.88 Å². The van der Waals surface area contributed by atoms with Crippen molar-refractivity contribution in [1.82, 2.24) is 20.2 Å². The summed E-state index contributed by atoms with van der Waals surface area (Å²) in [5.74, 6) is 0.226. The fourth-order valence-corrected chi connectivity index (χ4v) is 2.51. The molecule has 0 saturated carbocycles. The van der Waals surface area contributed by atoms with Gasteiger partial charge in [0.1, 0.15) is 18.5 Å². The fraction of sp³-hybridized carbons (Fsp3) is 0.500. The molecule has 2 heterocycles. The molecule has 4 amide bonds. The standard InChI is InChI=1S/C18H25N5O5/c1-11(2)17-20-12(3)8-15(22-17)28-10-13-9-23(6-7-27-13)16(25)5-4-14(24)21-18(19)26/h4-5,8,11,13H,6-7,9-10H2,1-3H3,(H3,19,21,24,26). The fourth-order valence-electron chi connectivity index (χ4n) is 2.51. The first-order valence-electron chi connectivity index (χ1n) is 8.92. The number of hydrogen-bond donors (Lipinski definition) is 2. The molecule has 0 radical (unpaired) electrons. The maximum atomic E-state index is 12.2. The third-order valence-electron chi connectivity index (χ3n) is 3.86. The van der Waals surface area contributed by atoms with Crippen LogP contribution in [0.4, 0.5) is 4.79 Å². The second kappa shape index (κ2) is 9.79. The second-order valence-electron chi connectivity index (χ2n) is 6.64. The lowest BCUT2D eigenvalue weighted by Gasteiger charge is -2.32. The van der Waals surface area contributed by atoms with Crippen LogP contribution in [0.3, 0.4) is 0 Å². The van der Waals surface area contributed by atoms with Gasteiger partial charge in [0.2, 0.25) is 11.8 Å². The number of rotatable bonds is 6. The SMILES string of the molecule is Cc1cc(OCC2CN(C(=O)C=CC(=O)NC(N)=O)CCO2)nc(C(C)C)n1.